The van der Waals surface area contributed by atoms with Crippen molar-refractivity contribution in [1.82, 2.24) is 9.80 Å². The summed E-state index contributed by atoms with van der Waals surface area (Å²) in [6.45, 7) is 21.0. The number of ether oxygens (including phenoxy) is 6. The van der Waals surface area contributed by atoms with Gasteiger partial charge >= 0.3 is 24.1 Å². The van der Waals surface area contributed by atoms with Gasteiger partial charge in [-0.25, -0.2) is 14.7 Å². The van der Waals surface area contributed by atoms with Crippen molar-refractivity contribution in [3.05, 3.63) is 124 Å². The van der Waals surface area contributed by atoms with Gasteiger partial charge in [0.05, 0.1) is 40.2 Å². The van der Waals surface area contributed by atoms with E-state index in [2.05, 4.69) is 87.0 Å². The van der Waals surface area contributed by atoms with Gasteiger partial charge in [-0.3, -0.25) is 24.2 Å². The molecule has 3 aliphatic carbocycles. The van der Waals surface area contributed by atoms with Crippen molar-refractivity contribution in [3.63, 3.8) is 0 Å². The Bertz CT molecular complexity index is 3160. The normalized spacial score (nSPS) is 35.1. The molecule has 17 nitrogen and oxygen atoms in total. The largest absolute Gasteiger partial charge is 0.509 e. The van der Waals surface area contributed by atoms with Gasteiger partial charge in [-0.2, -0.15) is 0 Å². The van der Waals surface area contributed by atoms with E-state index in [0.29, 0.717) is 107 Å². The first-order valence-corrected chi connectivity index (χ1v) is 31.0. The Morgan fingerprint density at radius 1 is 0.802 bits per heavy atom. The first kappa shape index (κ1) is 62.8. The summed E-state index contributed by atoms with van der Waals surface area (Å²) in [5, 5.41) is 29.3. The number of esters is 3. The number of carbonyl (C=O) groups excluding carboxylic acids is 4. The smallest absolute Gasteiger partial charge is 0.496 e. The van der Waals surface area contributed by atoms with Crippen molar-refractivity contribution in [2.75, 3.05) is 71.5 Å². The average molecular weight is 1190 g/mol. The van der Waals surface area contributed by atoms with Gasteiger partial charge in [-0.1, -0.05) is 113 Å². The fraction of sp³-hybridized carbons (Fsp3) is 0.594. The number of aliphatic hydroxyl groups excluding tert-OH is 1. The summed E-state index contributed by atoms with van der Waals surface area (Å²) in [6.07, 6.45) is 16.8. The van der Waals surface area contributed by atoms with Crippen LogP contribution < -0.4 is 15.1 Å². The molecule has 1 saturated carbocycles. The van der Waals surface area contributed by atoms with E-state index in [1.807, 2.05) is 68.5 Å². The summed E-state index contributed by atoms with van der Waals surface area (Å²) in [6, 6.07) is 11.9. The van der Waals surface area contributed by atoms with Crippen molar-refractivity contribution in [2.45, 2.75) is 179 Å². The van der Waals surface area contributed by atoms with Gasteiger partial charge in [0.25, 0.3) is 0 Å². The molecule has 3 unspecified atom stereocenters. The van der Waals surface area contributed by atoms with E-state index >= 15 is 4.79 Å². The maximum Gasteiger partial charge on any atom is 0.509 e. The minimum atomic E-state index is -2.49. The number of hydroxylamine groups is 1. The molecule has 2 saturated heterocycles. The Balaban J connectivity index is 1.03. The molecule has 86 heavy (non-hydrogen) atoms. The number of piperidine rings is 1. The molecule has 1 spiro atoms. The highest BCUT2D eigenvalue weighted by Gasteiger charge is 2.81. The summed E-state index contributed by atoms with van der Waals surface area (Å²) in [7, 11) is 5.66. The molecule has 2 aromatic rings. The summed E-state index contributed by atoms with van der Waals surface area (Å²) in [4.78, 5) is 69.4. The molecule has 3 N–H and O–H groups in total. The lowest BCUT2D eigenvalue weighted by atomic mass is 9.47. The highest BCUT2D eigenvalue weighted by Crippen LogP contribution is 2.69. The Hall–Kier alpha value is -6.24. The molecule has 0 aromatic heterocycles. The van der Waals surface area contributed by atoms with Gasteiger partial charge in [0, 0.05) is 79.4 Å². The predicted molar refractivity (Wildman–Crippen MR) is 328 cm³/mol. The van der Waals surface area contributed by atoms with E-state index in [1.54, 1.807) is 12.2 Å². The molecular formula is C69H92N4O13. The highest BCUT2D eigenvalue weighted by molar-refractivity contribution is 5.92. The molecule has 8 aliphatic rings. The van der Waals surface area contributed by atoms with E-state index in [-0.39, 0.29) is 29.3 Å². The highest BCUT2D eigenvalue weighted by atomic mass is 16.7. The van der Waals surface area contributed by atoms with E-state index in [0.717, 1.165) is 23.2 Å². The van der Waals surface area contributed by atoms with Gasteiger partial charge in [0.2, 0.25) is 5.60 Å². The van der Waals surface area contributed by atoms with Crippen LogP contribution in [0.2, 0.25) is 0 Å². The number of hydrogen-bond donors (Lipinski definition) is 3. The lowest BCUT2D eigenvalue weighted by Crippen LogP contribution is -2.81. The number of methoxy groups -OCH3 is 3. The van der Waals surface area contributed by atoms with Crippen molar-refractivity contribution < 1.29 is 62.6 Å². The van der Waals surface area contributed by atoms with Gasteiger partial charge in [0.15, 0.2) is 6.10 Å². The van der Waals surface area contributed by atoms with Crippen LogP contribution in [0.15, 0.2) is 113 Å². The van der Waals surface area contributed by atoms with Crippen LogP contribution in [0.1, 0.15) is 138 Å². The first-order valence-electron chi connectivity index (χ1n) is 31.0. The molecule has 12 atom stereocenters. The lowest BCUT2D eigenvalue weighted by molar-refractivity contribution is -0.234. The van der Waals surface area contributed by atoms with Crippen LogP contribution in [0, 0.1) is 22.2 Å². The Labute approximate surface area is 508 Å². The molecule has 5 aliphatic heterocycles. The van der Waals surface area contributed by atoms with Crippen LogP contribution in [0.3, 0.4) is 0 Å². The minimum Gasteiger partial charge on any atom is -0.496 e. The third-order valence-electron chi connectivity index (χ3n) is 21.0. The van der Waals surface area contributed by atoms with Gasteiger partial charge in [-0.15, -0.1) is 0 Å². The number of para-hydroxylation sites is 1. The number of rotatable bonds is 15. The van der Waals surface area contributed by atoms with E-state index in [9.17, 15) is 24.6 Å². The molecular weight excluding hydrogens is 1090 g/mol. The minimum absolute atomic E-state index is 0.117. The Morgan fingerprint density at radius 2 is 1.49 bits per heavy atom. The van der Waals surface area contributed by atoms with E-state index in [4.69, 9.17) is 33.3 Å². The van der Waals surface area contributed by atoms with Gasteiger partial charge in [-0.05, 0) is 130 Å². The number of fused-ring (bicyclic) bond motifs is 3. The van der Waals surface area contributed by atoms with Crippen LogP contribution in [0.5, 0.6) is 5.75 Å². The van der Waals surface area contributed by atoms with Crippen molar-refractivity contribution >= 4 is 35.4 Å². The maximum atomic E-state index is 15.9. The molecule has 17 heteroatoms. The molecule has 2 bridgehead atoms. The number of nitrogens with one attached hydrogen (secondary N) is 1. The van der Waals surface area contributed by atoms with Crippen molar-refractivity contribution in [3.8, 4) is 5.75 Å². The average Bonchev–Trinajstić information content (AvgIpc) is 1.46. The zero-order valence-electron chi connectivity index (χ0n) is 52.9. The summed E-state index contributed by atoms with van der Waals surface area (Å²) < 4.78 is 37.4. The van der Waals surface area contributed by atoms with Crippen LogP contribution in [0.4, 0.5) is 16.2 Å². The molecule has 2 aromatic carbocycles. The molecule has 10 rings (SSSR count). The number of anilines is 2. The third-order valence-corrected chi connectivity index (χ3v) is 21.0. The molecule has 3 fully saturated rings. The standard InChI is InChI=1S/C69H92N4O13/c1-14-65(86-62(78)85-49-34-44(4)51(64(8,9)40-49)26-20-19-25-50-43(3)33-48(75)39-63(50,6)7)37-46-38-68(60(76)81-11,56(27-21-30-71(41-46)42-65)70-47-23-17-16-18-24-47)53-35-52-54(36-55(53)80-10)73(83-13)58-67(52)29-32-72-31-22-28-66(15-2,57(67)72)59(84-45(5)74)69(58,79)61(77)82-12/h16-20,22-28,35-36,46,48-49,57-59,70,75,79H,14-15,21,29-34,37-42H2,1-13H3/b25-19+,26-20+,56-27-/t46-,48-,49-,57+,58-,59?,65?,66-,67-,68+,69+/m1/s1. The first-order chi connectivity index (χ1) is 40.9. The monoisotopic (exact) mass is 1180 g/mol. The van der Waals surface area contributed by atoms with Gasteiger partial charge in [0.1, 0.15) is 28.9 Å². The summed E-state index contributed by atoms with van der Waals surface area (Å²) in [5.74, 6) is -2.14. The van der Waals surface area contributed by atoms with Crippen LogP contribution in [0.25, 0.3) is 0 Å². The second kappa shape index (κ2) is 23.7. The number of aliphatic hydroxyl groups is 2. The van der Waals surface area contributed by atoms with Crippen LogP contribution >= 0.6 is 0 Å². The maximum absolute atomic E-state index is 15.9. The van der Waals surface area contributed by atoms with Crippen LogP contribution in [-0.2, 0) is 53.7 Å². The molecule has 0 amide bonds. The van der Waals surface area contributed by atoms with E-state index < -0.39 is 75.8 Å². The molecule has 0 radical (unpaired) electrons. The quantitative estimate of drug-likeness (QED) is 0.0659. The molecule has 466 valence electrons. The zero-order valence-corrected chi connectivity index (χ0v) is 52.9. The second-order valence-corrected chi connectivity index (χ2v) is 27.1. The molecule has 5 heterocycles. The summed E-state index contributed by atoms with van der Waals surface area (Å²) >= 11 is 0. The predicted octanol–water partition coefficient (Wildman–Crippen LogP) is 10.5. The zero-order chi connectivity index (χ0) is 61.9. The summed E-state index contributed by atoms with van der Waals surface area (Å²) in [5.41, 5.74) is 0.144. The van der Waals surface area contributed by atoms with Crippen LogP contribution in [-0.4, -0.2) is 147 Å². The number of nitrogens with zero attached hydrogens (tertiary/aromatic N) is 3. The third kappa shape index (κ3) is 10.4. The Kier molecular flexibility index (Phi) is 17.3. The SMILES string of the molecule is CCC1(OC(=O)O[C@@H]2CC(C)=C(/C=C/C=C/C3=C(C)C[C@@H](O)CC3(C)C)C(C)(C)C2)C[C@H]2CN(CC/C=C(\Nc3ccccc3)[C@@](C(=O)OC)(c3cc4c(cc3OC)N(OC)[C@@H]3[C@]45CCN4CC=C[C@@](CC)(C(OC(C)=O)[C@]3(O)C(=O)OC)[C@H]45)C2)C1. The number of allylic oxidation sites excluding steroid dienone is 6. The van der Waals surface area contributed by atoms with Gasteiger partial charge < -0.3 is 44.0 Å². The van der Waals surface area contributed by atoms with Crippen molar-refractivity contribution in [2.24, 2.45) is 22.2 Å². The second-order valence-electron chi connectivity index (χ2n) is 27.1. The van der Waals surface area contributed by atoms with Crippen molar-refractivity contribution in [1.29, 1.82) is 0 Å². The fourth-order valence-corrected chi connectivity index (χ4v) is 17.9. The fourth-order valence-electron chi connectivity index (χ4n) is 17.9. The number of carbonyl (C=O) groups is 4. The Morgan fingerprint density at radius 3 is 2.10 bits per heavy atom. The van der Waals surface area contributed by atoms with E-state index in [1.165, 1.54) is 45.0 Å². The lowest BCUT2D eigenvalue weighted by Gasteiger charge is -2.63. The number of hydrogen-bond acceptors (Lipinski definition) is 17. The topological polar surface area (TPSA) is 195 Å². The number of benzene rings is 2.